The van der Waals surface area contributed by atoms with E-state index in [4.69, 9.17) is 0 Å². The van der Waals surface area contributed by atoms with E-state index < -0.39 is 0 Å². The molecular weight excluding hydrogens is 356 g/mol. The summed E-state index contributed by atoms with van der Waals surface area (Å²) in [4.78, 5) is 17.2. The zero-order valence-electron chi connectivity index (χ0n) is 18.1. The number of benzene rings is 1. The molecule has 1 N–H and O–H groups in total. The molecule has 1 fully saturated rings. The predicted octanol–water partition coefficient (Wildman–Crippen LogP) is 6.67. The maximum absolute atomic E-state index is 12.7. The van der Waals surface area contributed by atoms with Crippen LogP contribution >= 0.6 is 0 Å². The molecule has 0 unspecified atom stereocenters. The van der Waals surface area contributed by atoms with E-state index in [2.05, 4.69) is 60.6 Å². The van der Waals surface area contributed by atoms with Crippen molar-refractivity contribution in [3.63, 3.8) is 0 Å². The van der Waals surface area contributed by atoms with Gasteiger partial charge in [-0.3, -0.25) is 9.78 Å². The van der Waals surface area contributed by atoms with Crippen molar-refractivity contribution in [1.29, 1.82) is 0 Å². The Morgan fingerprint density at radius 2 is 2.00 bits per heavy atom. The normalized spacial score (nSPS) is 22.9. The summed E-state index contributed by atoms with van der Waals surface area (Å²) in [6, 6.07) is 10.6. The van der Waals surface area contributed by atoms with Crippen LogP contribution in [0, 0.1) is 5.41 Å². The van der Waals surface area contributed by atoms with Crippen molar-refractivity contribution in [3.05, 3.63) is 66.0 Å². The van der Waals surface area contributed by atoms with E-state index in [1.54, 1.807) is 0 Å². The van der Waals surface area contributed by atoms with Gasteiger partial charge in [-0.2, -0.15) is 0 Å². The molecular formula is C26H34N2O. The molecule has 3 heteroatoms. The monoisotopic (exact) mass is 390 g/mol. The average molecular weight is 391 g/mol. The molecule has 0 atom stereocenters. The van der Waals surface area contributed by atoms with E-state index in [1.807, 2.05) is 25.3 Å². The molecule has 0 bridgehead atoms. The van der Waals surface area contributed by atoms with Gasteiger partial charge in [0.05, 0.1) is 5.52 Å². The summed E-state index contributed by atoms with van der Waals surface area (Å²) in [6.07, 6.45) is 14.9. The van der Waals surface area contributed by atoms with Gasteiger partial charge in [0.25, 0.3) is 0 Å². The van der Waals surface area contributed by atoms with Crippen molar-refractivity contribution < 1.29 is 4.79 Å². The number of carbonyl (C=O) groups excluding carboxylic acids is 1. The summed E-state index contributed by atoms with van der Waals surface area (Å²) >= 11 is 0. The Morgan fingerprint density at radius 3 is 2.72 bits per heavy atom. The van der Waals surface area contributed by atoms with Crippen LogP contribution in [0.25, 0.3) is 10.9 Å². The fourth-order valence-corrected chi connectivity index (χ4v) is 4.56. The van der Waals surface area contributed by atoms with Crippen LogP contribution in [0.2, 0.25) is 0 Å². The highest BCUT2D eigenvalue weighted by molar-refractivity contribution is 5.82. The molecule has 1 aromatic carbocycles. The average Bonchev–Trinajstić information content (AvgIpc) is 2.72. The minimum atomic E-state index is 0.0847. The van der Waals surface area contributed by atoms with E-state index in [0.29, 0.717) is 12.3 Å². The second-order valence-corrected chi connectivity index (χ2v) is 8.64. The number of hydrogen-bond acceptors (Lipinski definition) is 2. The molecule has 0 radical (unpaired) electrons. The number of aromatic nitrogens is 1. The molecule has 1 aromatic heterocycles. The summed E-state index contributed by atoms with van der Waals surface area (Å²) in [6.45, 7) is 6.40. The van der Waals surface area contributed by atoms with Crippen molar-refractivity contribution in [2.45, 2.75) is 71.6 Å². The van der Waals surface area contributed by atoms with Gasteiger partial charge in [0, 0.05) is 30.1 Å². The topological polar surface area (TPSA) is 42.0 Å². The third-order valence-corrected chi connectivity index (χ3v) is 6.23. The van der Waals surface area contributed by atoms with E-state index in [0.717, 1.165) is 49.7 Å². The number of rotatable bonds is 7. The molecule has 3 rings (SSSR count). The van der Waals surface area contributed by atoms with Crippen LogP contribution in [0.1, 0.15) is 77.2 Å². The van der Waals surface area contributed by atoms with Crippen molar-refractivity contribution >= 4 is 16.8 Å². The summed E-state index contributed by atoms with van der Waals surface area (Å²) in [5, 5.41) is 4.43. The number of para-hydroxylation sites is 1. The fraction of sp³-hybridized carbons (Fsp3) is 0.462. The highest BCUT2D eigenvalue weighted by atomic mass is 16.1. The van der Waals surface area contributed by atoms with E-state index in [9.17, 15) is 4.79 Å². The van der Waals surface area contributed by atoms with Crippen LogP contribution in [0.5, 0.6) is 0 Å². The van der Waals surface area contributed by atoms with Crippen LogP contribution in [0.3, 0.4) is 0 Å². The molecule has 1 amide bonds. The van der Waals surface area contributed by atoms with Crippen LogP contribution in [0.4, 0.5) is 0 Å². The molecule has 3 nitrogen and oxygen atoms in total. The SMILES string of the molecule is C/C=C\C/C(=C\CC)NC(=O)CC1(C)CCC(c2ccnc3ccccc23)CC1. The first kappa shape index (κ1) is 21.3. The first-order valence-electron chi connectivity index (χ1n) is 11.0. The maximum Gasteiger partial charge on any atom is 0.224 e. The second-order valence-electron chi connectivity index (χ2n) is 8.64. The number of allylic oxidation sites excluding steroid dienone is 3. The molecule has 1 saturated carbocycles. The molecule has 1 heterocycles. The van der Waals surface area contributed by atoms with Crippen molar-refractivity contribution in [2.75, 3.05) is 0 Å². The highest BCUT2D eigenvalue weighted by Gasteiger charge is 2.34. The highest BCUT2D eigenvalue weighted by Crippen LogP contribution is 2.45. The number of pyridine rings is 1. The number of carbonyl (C=O) groups is 1. The van der Waals surface area contributed by atoms with Gasteiger partial charge in [0.2, 0.25) is 5.91 Å². The zero-order valence-corrected chi connectivity index (χ0v) is 18.1. The Hall–Kier alpha value is -2.42. The molecule has 154 valence electrons. The van der Waals surface area contributed by atoms with Crippen LogP contribution in [-0.2, 0) is 4.79 Å². The van der Waals surface area contributed by atoms with Gasteiger partial charge in [-0.1, -0.05) is 50.3 Å². The maximum atomic E-state index is 12.7. The Bertz CT molecular complexity index is 883. The van der Waals surface area contributed by atoms with Gasteiger partial charge in [-0.05, 0) is 68.1 Å². The molecule has 0 spiro atoms. The Kier molecular flexibility index (Phi) is 7.24. The van der Waals surface area contributed by atoms with E-state index >= 15 is 0 Å². The molecule has 1 aliphatic carbocycles. The number of amides is 1. The third kappa shape index (κ3) is 5.56. The van der Waals surface area contributed by atoms with Gasteiger partial charge < -0.3 is 5.32 Å². The van der Waals surface area contributed by atoms with Crippen molar-refractivity contribution in [1.82, 2.24) is 10.3 Å². The van der Waals surface area contributed by atoms with Gasteiger partial charge in [0.15, 0.2) is 0 Å². The number of nitrogens with zero attached hydrogens (tertiary/aromatic N) is 1. The first-order chi connectivity index (χ1) is 14.0. The van der Waals surface area contributed by atoms with Gasteiger partial charge >= 0.3 is 0 Å². The largest absolute Gasteiger partial charge is 0.330 e. The summed E-state index contributed by atoms with van der Waals surface area (Å²) in [7, 11) is 0. The quantitative estimate of drug-likeness (QED) is 0.537. The molecule has 0 saturated heterocycles. The molecule has 2 aromatic rings. The van der Waals surface area contributed by atoms with E-state index in [-0.39, 0.29) is 11.3 Å². The minimum absolute atomic E-state index is 0.0847. The van der Waals surface area contributed by atoms with Crippen LogP contribution in [0.15, 0.2) is 60.5 Å². The number of hydrogen-bond donors (Lipinski definition) is 1. The number of nitrogens with one attached hydrogen (secondary N) is 1. The van der Waals surface area contributed by atoms with Crippen LogP contribution < -0.4 is 5.32 Å². The summed E-state index contributed by atoms with van der Waals surface area (Å²) < 4.78 is 0. The smallest absolute Gasteiger partial charge is 0.224 e. The molecule has 29 heavy (non-hydrogen) atoms. The Balaban J connectivity index is 1.61. The minimum Gasteiger partial charge on any atom is -0.330 e. The molecule has 1 aliphatic rings. The number of fused-ring (bicyclic) bond motifs is 1. The van der Waals surface area contributed by atoms with Gasteiger partial charge in [0.1, 0.15) is 0 Å². The standard InChI is InChI=1S/C26H34N2O/c1-4-6-10-21(9-5-2)28-25(29)19-26(3)16-13-20(14-17-26)22-15-18-27-24-12-8-7-11-23(22)24/h4,6-9,11-12,15,18,20H,5,10,13-14,16-17,19H2,1-3H3,(H,28,29)/b6-4-,21-9+. The van der Waals surface area contributed by atoms with Crippen molar-refractivity contribution in [2.24, 2.45) is 5.41 Å². The lowest BCUT2D eigenvalue weighted by atomic mass is 9.68. The lowest BCUT2D eigenvalue weighted by molar-refractivity contribution is -0.123. The van der Waals surface area contributed by atoms with Gasteiger partial charge in [-0.15, -0.1) is 0 Å². The van der Waals surface area contributed by atoms with Gasteiger partial charge in [-0.25, -0.2) is 0 Å². The van der Waals surface area contributed by atoms with Crippen LogP contribution in [-0.4, -0.2) is 10.9 Å². The first-order valence-corrected chi connectivity index (χ1v) is 11.0. The summed E-state index contributed by atoms with van der Waals surface area (Å²) in [5.41, 5.74) is 3.60. The Labute approximate surface area is 175 Å². The summed E-state index contributed by atoms with van der Waals surface area (Å²) in [5.74, 6) is 0.716. The molecule has 0 aliphatic heterocycles. The van der Waals surface area contributed by atoms with Crippen molar-refractivity contribution in [3.8, 4) is 0 Å². The third-order valence-electron chi connectivity index (χ3n) is 6.23. The predicted molar refractivity (Wildman–Crippen MR) is 122 cm³/mol. The lowest BCUT2D eigenvalue weighted by Gasteiger charge is -2.37. The zero-order chi connectivity index (χ0) is 20.7. The Morgan fingerprint density at radius 1 is 1.24 bits per heavy atom. The second kappa shape index (κ2) is 9.87. The lowest BCUT2D eigenvalue weighted by Crippen LogP contribution is -2.32. The fourth-order valence-electron chi connectivity index (χ4n) is 4.56. The van der Waals surface area contributed by atoms with E-state index in [1.165, 1.54) is 10.9 Å².